The molecule has 0 amide bonds. The zero-order chi connectivity index (χ0) is 8.17. The second kappa shape index (κ2) is 2.25. The summed E-state index contributed by atoms with van der Waals surface area (Å²) in [4.78, 5) is 10.9. The molecule has 0 bridgehead atoms. The Balaban J connectivity index is 2.20. The molecule has 5 heteroatoms. The quantitative estimate of drug-likeness (QED) is 0.449. The van der Waals surface area contributed by atoms with Gasteiger partial charge < -0.3 is 9.84 Å². The molecule has 5 atom stereocenters. The molecule has 0 radical (unpaired) electrons. The van der Waals surface area contributed by atoms with Gasteiger partial charge in [0.1, 0.15) is 0 Å². The van der Waals surface area contributed by atoms with Crippen LogP contribution in [0.15, 0.2) is 0 Å². The minimum atomic E-state index is -1.05. The van der Waals surface area contributed by atoms with Gasteiger partial charge in [-0.15, -0.1) is 23.2 Å². The molecule has 2 fully saturated rings. The first-order chi connectivity index (χ1) is 5.13. The highest BCUT2D eigenvalue weighted by atomic mass is 35.5. The third-order valence-electron chi connectivity index (χ3n) is 2.27. The van der Waals surface area contributed by atoms with Gasteiger partial charge in [0.25, 0.3) is 0 Å². The van der Waals surface area contributed by atoms with Crippen LogP contribution in [0.2, 0.25) is 0 Å². The number of fused-ring (bicyclic) bond motifs is 1. The molecule has 3 nitrogen and oxygen atoms in total. The molecule has 0 aromatic carbocycles. The normalized spacial score (nSPS) is 54.8. The van der Waals surface area contributed by atoms with E-state index in [0.29, 0.717) is 0 Å². The van der Waals surface area contributed by atoms with E-state index in [-0.39, 0.29) is 16.7 Å². The van der Waals surface area contributed by atoms with Crippen molar-refractivity contribution in [1.29, 1.82) is 0 Å². The van der Waals surface area contributed by atoms with Crippen LogP contribution >= 0.6 is 23.2 Å². The van der Waals surface area contributed by atoms with Gasteiger partial charge in [-0.25, -0.2) is 0 Å². The maximum absolute atomic E-state index is 10.9. The lowest BCUT2D eigenvalue weighted by Gasteiger charge is -2.38. The number of hydrogen-bond donors (Lipinski definition) is 1. The number of carbonyl (C=O) groups excluding carboxylic acids is 1. The molecule has 1 N–H and O–H groups in total. The van der Waals surface area contributed by atoms with Gasteiger partial charge in [-0.05, 0) is 0 Å². The number of aliphatic hydroxyl groups excluding tert-OH is 1. The first kappa shape index (κ1) is 7.65. The van der Waals surface area contributed by atoms with Crippen LogP contribution in [-0.4, -0.2) is 28.1 Å². The lowest BCUT2D eigenvalue weighted by molar-refractivity contribution is -0.155. The van der Waals surface area contributed by atoms with Crippen molar-refractivity contribution < 1.29 is 14.6 Å². The molecule has 1 heterocycles. The summed E-state index contributed by atoms with van der Waals surface area (Å²) in [6.07, 6.45) is -1.05. The van der Waals surface area contributed by atoms with Crippen LogP contribution in [-0.2, 0) is 9.53 Å². The zero-order valence-electron chi connectivity index (χ0n) is 5.41. The fourth-order valence-corrected chi connectivity index (χ4v) is 2.45. The highest BCUT2D eigenvalue weighted by Gasteiger charge is 2.62. The molecule has 1 aliphatic carbocycles. The maximum Gasteiger partial charge on any atom is 0.313 e. The van der Waals surface area contributed by atoms with Crippen molar-refractivity contribution in [2.45, 2.75) is 17.0 Å². The van der Waals surface area contributed by atoms with Crippen LogP contribution in [0.3, 0.4) is 0 Å². The largest absolute Gasteiger partial charge is 0.435 e. The van der Waals surface area contributed by atoms with Gasteiger partial charge in [0.2, 0.25) is 6.29 Å². The van der Waals surface area contributed by atoms with Gasteiger partial charge in [0, 0.05) is 0 Å². The summed E-state index contributed by atoms with van der Waals surface area (Å²) in [6.45, 7) is 0. The number of rotatable bonds is 0. The van der Waals surface area contributed by atoms with Crippen molar-refractivity contribution in [1.82, 2.24) is 0 Å². The van der Waals surface area contributed by atoms with E-state index in [2.05, 4.69) is 4.74 Å². The Labute approximate surface area is 73.2 Å². The molecule has 2 rings (SSSR count). The van der Waals surface area contributed by atoms with Gasteiger partial charge in [-0.3, -0.25) is 4.79 Å². The topological polar surface area (TPSA) is 46.5 Å². The number of aliphatic hydroxyl groups is 1. The summed E-state index contributed by atoms with van der Waals surface area (Å²) >= 11 is 11.5. The average molecular weight is 197 g/mol. The molecule has 1 saturated heterocycles. The molecule has 0 spiro atoms. The van der Waals surface area contributed by atoms with Crippen molar-refractivity contribution >= 4 is 29.2 Å². The zero-order valence-corrected chi connectivity index (χ0v) is 6.92. The highest BCUT2D eigenvalue weighted by molar-refractivity contribution is 6.33. The fraction of sp³-hybridized carbons (Fsp3) is 0.833. The van der Waals surface area contributed by atoms with E-state index in [0.717, 1.165) is 0 Å². The number of halogens is 2. The highest BCUT2D eigenvalue weighted by Crippen LogP contribution is 2.49. The number of alkyl halides is 2. The summed E-state index contributed by atoms with van der Waals surface area (Å²) in [5.74, 6) is -1.12. The van der Waals surface area contributed by atoms with E-state index in [1.807, 2.05) is 0 Å². The Morgan fingerprint density at radius 2 is 2.00 bits per heavy atom. The van der Waals surface area contributed by atoms with Crippen molar-refractivity contribution in [2.24, 2.45) is 11.8 Å². The Morgan fingerprint density at radius 1 is 1.36 bits per heavy atom. The SMILES string of the molecule is O=C1OC(O)C2C(Cl)C(Cl)C12. The van der Waals surface area contributed by atoms with Crippen LogP contribution in [0.1, 0.15) is 0 Å². The first-order valence-electron chi connectivity index (χ1n) is 3.29. The average Bonchev–Trinajstić information content (AvgIpc) is 2.21. The lowest BCUT2D eigenvalue weighted by Crippen LogP contribution is -2.52. The molecule has 62 valence electrons. The Kier molecular flexibility index (Phi) is 1.56. The number of esters is 1. The minimum absolute atomic E-state index is 0.299. The number of ether oxygens (including phenoxy) is 1. The molecule has 11 heavy (non-hydrogen) atoms. The monoisotopic (exact) mass is 196 g/mol. The third kappa shape index (κ3) is 0.819. The maximum atomic E-state index is 10.9. The molecule has 2 aliphatic rings. The van der Waals surface area contributed by atoms with E-state index in [1.54, 1.807) is 0 Å². The van der Waals surface area contributed by atoms with Crippen LogP contribution in [0, 0.1) is 11.8 Å². The summed E-state index contributed by atoms with van der Waals surface area (Å²) in [7, 11) is 0. The van der Waals surface area contributed by atoms with Crippen molar-refractivity contribution in [3.63, 3.8) is 0 Å². The predicted octanol–water partition coefficient (Wildman–Crippen LogP) is 0.322. The second-order valence-corrected chi connectivity index (χ2v) is 3.83. The van der Waals surface area contributed by atoms with Crippen LogP contribution in [0.25, 0.3) is 0 Å². The Hall–Kier alpha value is 0.01000. The summed E-state index contributed by atoms with van der Waals surface area (Å²) in [5, 5.41) is 8.36. The third-order valence-corrected chi connectivity index (χ3v) is 3.50. The lowest BCUT2D eigenvalue weighted by atomic mass is 9.74. The summed E-state index contributed by atoms with van der Waals surface area (Å²) in [5.41, 5.74) is 0. The molecule has 0 aromatic heterocycles. The van der Waals surface area contributed by atoms with Gasteiger partial charge in [0.05, 0.1) is 22.6 Å². The fourth-order valence-electron chi connectivity index (χ4n) is 1.57. The number of cyclic esters (lactones) is 1. The van der Waals surface area contributed by atoms with Crippen LogP contribution in [0.4, 0.5) is 0 Å². The van der Waals surface area contributed by atoms with Gasteiger partial charge in [-0.1, -0.05) is 0 Å². The number of carbonyl (C=O) groups is 1. The van der Waals surface area contributed by atoms with Crippen molar-refractivity contribution in [3.8, 4) is 0 Å². The molecule has 1 aliphatic heterocycles. The van der Waals surface area contributed by atoms with Gasteiger partial charge in [0.15, 0.2) is 0 Å². The van der Waals surface area contributed by atoms with Crippen molar-refractivity contribution in [2.75, 3.05) is 0 Å². The van der Waals surface area contributed by atoms with E-state index >= 15 is 0 Å². The smallest absolute Gasteiger partial charge is 0.313 e. The van der Waals surface area contributed by atoms with E-state index in [1.165, 1.54) is 0 Å². The van der Waals surface area contributed by atoms with Gasteiger partial charge in [-0.2, -0.15) is 0 Å². The van der Waals surface area contributed by atoms with Crippen molar-refractivity contribution in [3.05, 3.63) is 0 Å². The summed E-state index contributed by atoms with van der Waals surface area (Å²) in [6, 6.07) is 0. The molecule has 1 saturated carbocycles. The second-order valence-electron chi connectivity index (χ2n) is 2.82. The van der Waals surface area contributed by atoms with E-state index in [9.17, 15) is 4.79 Å². The van der Waals surface area contributed by atoms with Gasteiger partial charge >= 0.3 is 5.97 Å². The van der Waals surface area contributed by atoms with E-state index < -0.39 is 18.2 Å². The first-order valence-corrected chi connectivity index (χ1v) is 4.17. The Morgan fingerprint density at radius 3 is 2.55 bits per heavy atom. The molecular weight excluding hydrogens is 191 g/mol. The van der Waals surface area contributed by atoms with E-state index in [4.69, 9.17) is 28.3 Å². The predicted molar refractivity (Wildman–Crippen MR) is 38.4 cm³/mol. The summed E-state index contributed by atoms with van der Waals surface area (Å²) < 4.78 is 4.54. The minimum Gasteiger partial charge on any atom is -0.435 e. The molecular formula is C6H6Cl2O3. The Bertz CT molecular complexity index is 208. The molecule has 5 unspecified atom stereocenters. The van der Waals surface area contributed by atoms with Crippen LogP contribution < -0.4 is 0 Å². The number of hydrogen-bond acceptors (Lipinski definition) is 3. The molecule has 0 aromatic rings. The van der Waals surface area contributed by atoms with Crippen LogP contribution in [0.5, 0.6) is 0 Å². The standard InChI is InChI=1S/C6H6Cl2O3/c7-3-1-2(4(3)8)6(10)11-5(1)9/h1-5,9H.